The van der Waals surface area contributed by atoms with Crippen LogP contribution in [0.15, 0.2) is 60.9 Å². The lowest BCUT2D eigenvalue weighted by molar-refractivity contribution is -0.110. The number of carbonyl (C=O) groups is 2. The highest BCUT2D eigenvalue weighted by Gasteiger charge is 2.45. The van der Waals surface area contributed by atoms with Gasteiger partial charge in [0.05, 0.1) is 28.6 Å². The summed E-state index contributed by atoms with van der Waals surface area (Å²) in [6.07, 6.45) is 11.5. The number of nitrogens with one attached hydrogen (secondary N) is 3. The van der Waals surface area contributed by atoms with E-state index < -0.39 is 0 Å². The summed E-state index contributed by atoms with van der Waals surface area (Å²) in [5.41, 5.74) is 8.11. The molecular weight excluding hydrogens is 524 g/mol. The maximum Gasteiger partial charge on any atom is 0.256 e. The molecule has 1 saturated carbocycles. The number of amides is 2. The molecular formula is C34H36N6O2. The van der Waals surface area contributed by atoms with Gasteiger partial charge in [-0.15, -0.1) is 0 Å². The normalized spacial score (nSPS) is 18.6. The highest BCUT2D eigenvalue weighted by Crippen LogP contribution is 2.39. The Kier molecular flexibility index (Phi) is 6.58. The minimum absolute atomic E-state index is 0.0330. The van der Waals surface area contributed by atoms with Crippen molar-refractivity contribution in [2.45, 2.75) is 51.5 Å². The summed E-state index contributed by atoms with van der Waals surface area (Å²) < 4.78 is 1.85. The van der Waals surface area contributed by atoms with Gasteiger partial charge in [0.2, 0.25) is 0 Å². The molecule has 3 N–H and O–H groups in total. The predicted octanol–water partition coefficient (Wildman–Crippen LogP) is 5.73. The fraction of sp³-hybridized carbons (Fsp3) is 0.324. The minimum Gasteiger partial charge on any atom is -0.358 e. The van der Waals surface area contributed by atoms with E-state index in [0.717, 1.165) is 77.5 Å². The largest absolute Gasteiger partial charge is 0.358 e. The van der Waals surface area contributed by atoms with Crippen LogP contribution in [0.3, 0.4) is 0 Å². The van der Waals surface area contributed by atoms with Gasteiger partial charge in [0, 0.05) is 40.9 Å². The van der Waals surface area contributed by atoms with Crippen LogP contribution in [0, 0.1) is 13.8 Å². The molecule has 1 saturated heterocycles. The van der Waals surface area contributed by atoms with Gasteiger partial charge in [0.15, 0.2) is 0 Å². The Labute approximate surface area is 245 Å². The molecule has 4 aromatic rings. The van der Waals surface area contributed by atoms with Crippen molar-refractivity contribution < 1.29 is 9.59 Å². The van der Waals surface area contributed by atoms with Crippen LogP contribution in [-0.2, 0) is 4.79 Å². The van der Waals surface area contributed by atoms with E-state index in [1.165, 1.54) is 19.3 Å². The summed E-state index contributed by atoms with van der Waals surface area (Å²) in [4.78, 5) is 32.5. The summed E-state index contributed by atoms with van der Waals surface area (Å²) >= 11 is 0. The smallest absolute Gasteiger partial charge is 0.256 e. The number of para-hydroxylation sites is 1. The van der Waals surface area contributed by atoms with Crippen molar-refractivity contribution in [1.82, 2.24) is 25.0 Å². The maximum atomic E-state index is 13.5. The first-order valence-electron chi connectivity index (χ1n) is 14.9. The quantitative estimate of drug-likeness (QED) is 0.252. The van der Waals surface area contributed by atoms with E-state index in [1.807, 2.05) is 85.5 Å². The van der Waals surface area contributed by atoms with Crippen LogP contribution in [0.25, 0.3) is 28.5 Å². The third-order valence-corrected chi connectivity index (χ3v) is 8.94. The number of aromatic nitrogens is 3. The monoisotopic (exact) mass is 560 g/mol. The van der Waals surface area contributed by atoms with Crippen LogP contribution in [-0.4, -0.2) is 56.7 Å². The molecule has 2 aromatic carbocycles. The van der Waals surface area contributed by atoms with Gasteiger partial charge in [-0.25, -0.2) is 4.68 Å². The number of carbonyl (C=O) groups excluding carboxylic acids is 2. The SMILES string of the molecule is Cc1[nH]c(/C=C2\C(=O)Nc3ccc(-c4cnn(-c5ccccc5)c4)cc32)c(C)c1C(=O)NC1(CN2CCCCC2)CC1. The molecule has 0 atom stereocenters. The van der Waals surface area contributed by atoms with Gasteiger partial charge < -0.3 is 20.5 Å². The number of aryl methyl sites for hydroxylation is 1. The Bertz CT molecular complexity index is 1700. The first-order chi connectivity index (χ1) is 20.4. The summed E-state index contributed by atoms with van der Waals surface area (Å²) in [6, 6.07) is 15.9. The van der Waals surface area contributed by atoms with Crippen molar-refractivity contribution >= 4 is 29.2 Å². The van der Waals surface area contributed by atoms with Gasteiger partial charge in [-0.05, 0) is 94.1 Å². The zero-order valence-corrected chi connectivity index (χ0v) is 24.2. The average molecular weight is 561 g/mol. The molecule has 2 amide bonds. The average Bonchev–Trinajstić information content (AvgIpc) is 3.30. The minimum atomic E-state index is -0.154. The molecule has 0 spiro atoms. The fourth-order valence-electron chi connectivity index (χ4n) is 6.43. The lowest BCUT2D eigenvalue weighted by atomic mass is 9.99. The lowest BCUT2D eigenvalue weighted by Gasteiger charge is -2.31. The van der Waals surface area contributed by atoms with Crippen LogP contribution < -0.4 is 10.6 Å². The van der Waals surface area contributed by atoms with E-state index in [-0.39, 0.29) is 17.4 Å². The Hall–Kier alpha value is -4.43. The molecule has 42 heavy (non-hydrogen) atoms. The molecule has 2 aliphatic heterocycles. The summed E-state index contributed by atoms with van der Waals surface area (Å²) in [7, 11) is 0. The van der Waals surface area contributed by atoms with E-state index in [9.17, 15) is 9.59 Å². The van der Waals surface area contributed by atoms with Gasteiger partial charge in [-0.3, -0.25) is 9.59 Å². The lowest BCUT2D eigenvalue weighted by Crippen LogP contribution is -2.47. The molecule has 2 aromatic heterocycles. The summed E-state index contributed by atoms with van der Waals surface area (Å²) in [5.74, 6) is -0.187. The van der Waals surface area contributed by atoms with Gasteiger partial charge in [0.1, 0.15) is 0 Å². The van der Waals surface area contributed by atoms with E-state index in [0.29, 0.717) is 11.1 Å². The first kappa shape index (κ1) is 26.5. The maximum absolute atomic E-state index is 13.5. The Morgan fingerprint density at radius 3 is 2.60 bits per heavy atom. The fourth-order valence-corrected chi connectivity index (χ4v) is 6.43. The molecule has 0 radical (unpaired) electrons. The molecule has 8 heteroatoms. The summed E-state index contributed by atoms with van der Waals surface area (Å²) in [5, 5.41) is 10.9. The summed E-state index contributed by atoms with van der Waals surface area (Å²) in [6.45, 7) is 7.06. The zero-order chi connectivity index (χ0) is 28.8. The van der Waals surface area contributed by atoms with Crippen molar-refractivity contribution in [3.63, 3.8) is 0 Å². The number of nitrogens with zero attached hydrogens (tertiary/aromatic N) is 3. The number of anilines is 1. The molecule has 4 heterocycles. The van der Waals surface area contributed by atoms with Crippen LogP contribution in [0.5, 0.6) is 0 Å². The first-order valence-corrected chi connectivity index (χ1v) is 14.9. The Morgan fingerprint density at radius 1 is 1.05 bits per heavy atom. The van der Waals surface area contributed by atoms with Crippen LogP contribution in [0.2, 0.25) is 0 Å². The molecule has 1 aliphatic carbocycles. The van der Waals surface area contributed by atoms with Crippen LogP contribution >= 0.6 is 0 Å². The second-order valence-electron chi connectivity index (χ2n) is 12.0. The van der Waals surface area contributed by atoms with Gasteiger partial charge >= 0.3 is 0 Å². The van der Waals surface area contributed by atoms with Crippen molar-refractivity contribution in [3.05, 3.63) is 89.0 Å². The van der Waals surface area contributed by atoms with Crippen molar-refractivity contribution in [3.8, 4) is 16.8 Å². The predicted molar refractivity (Wildman–Crippen MR) is 165 cm³/mol. The highest BCUT2D eigenvalue weighted by atomic mass is 16.2. The number of likely N-dealkylation sites (tertiary alicyclic amines) is 1. The zero-order valence-electron chi connectivity index (χ0n) is 24.2. The Balaban J connectivity index is 1.14. The number of hydrogen-bond acceptors (Lipinski definition) is 4. The number of aromatic amines is 1. The highest BCUT2D eigenvalue weighted by molar-refractivity contribution is 6.35. The number of H-pyrrole nitrogens is 1. The number of hydrogen-bond donors (Lipinski definition) is 3. The number of piperidine rings is 1. The second-order valence-corrected chi connectivity index (χ2v) is 12.0. The van der Waals surface area contributed by atoms with E-state index in [1.54, 1.807) is 0 Å². The standard InChI is InChI=1S/C34H36N6O2/c1-22-30(36-23(2)31(22)33(42)38-34(13-14-34)21-39-15-7-4-8-16-39)18-28-27-17-24(11-12-29(27)37-32(28)41)25-19-35-40(20-25)26-9-5-3-6-10-26/h3,5-6,9-12,17-20,36H,4,7-8,13-16,21H2,1-2H3,(H,37,41)(H,38,42)/b28-18-. The van der Waals surface area contributed by atoms with Crippen molar-refractivity contribution in [1.29, 1.82) is 0 Å². The number of fused-ring (bicyclic) bond motifs is 1. The van der Waals surface area contributed by atoms with Crippen LogP contribution in [0.1, 0.15) is 65.0 Å². The molecule has 8 nitrogen and oxygen atoms in total. The Morgan fingerprint density at radius 2 is 1.83 bits per heavy atom. The van der Waals surface area contributed by atoms with Crippen molar-refractivity contribution in [2.75, 3.05) is 25.0 Å². The molecule has 0 bridgehead atoms. The topological polar surface area (TPSA) is 95.0 Å². The van der Waals surface area contributed by atoms with E-state index >= 15 is 0 Å². The van der Waals surface area contributed by atoms with Gasteiger partial charge in [-0.2, -0.15) is 5.10 Å². The van der Waals surface area contributed by atoms with Crippen molar-refractivity contribution in [2.24, 2.45) is 0 Å². The second kappa shape index (κ2) is 10.4. The molecule has 0 unspecified atom stereocenters. The van der Waals surface area contributed by atoms with Gasteiger partial charge in [0.25, 0.3) is 11.8 Å². The third kappa shape index (κ3) is 4.96. The molecule has 214 valence electrons. The number of rotatable bonds is 7. The van der Waals surface area contributed by atoms with E-state index in [2.05, 4.69) is 25.6 Å². The third-order valence-electron chi connectivity index (χ3n) is 8.94. The molecule has 3 aliphatic rings. The van der Waals surface area contributed by atoms with E-state index in [4.69, 9.17) is 0 Å². The molecule has 7 rings (SSSR count). The van der Waals surface area contributed by atoms with Gasteiger partial charge in [-0.1, -0.05) is 30.7 Å². The molecule has 2 fully saturated rings. The number of benzene rings is 2. The van der Waals surface area contributed by atoms with Crippen LogP contribution in [0.4, 0.5) is 5.69 Å².